The van der Waals surface area contributed by atoms with Crippen molar-refractivity contribution in [2.24, 2.45) is 7.05 Å². The molecule has 0 spiro atoms. The number of nitrogens with one attached hydrogen (secondary N) is 2. The summed E-state index contributed by atoms with van der Waals surface area (Å²) in [5, 5.41) is 17.1. The van der Waals surface area contributed by atoms with Gasteiger partial charge in [0.05, 0.1) is 11.2 Å². The summed E-state index contributed by atoms with van der Waals surface area (Å²) < 4.78 is 1.54. The predicted molar refractivity (Wildman–Crippen MR) is 90.7 cm³/mol. The van der Waals surface area contributed by atoms with Gasteiger partial charge in [0.15, 0.2) is 0 Å². The fraction of sp³-hybridized carbons (Fsp3) is 0.375. The van der Waals surface area contributed by atoms with Gasteiger partial charge in [-0.25, -0.2) is 0 Å². The molecule has 0 radical (unpaired) electrons. The second-order valence-corrected chi connectivity index (χ2v) is 5.41. The van der Waals surface area contributed by atoms with E-state index in [4.69, 9.17) is 0 Å². The molecule has 0 unspecified atom stereocenters. The van der Waals surface area contributed by atoms with Crippen LogP contribution in [0.2, 0.25) is 0 Å². The number of halogens is 1. The summed E-state index contributed by atoms with van der Waals surface area (Å²) >= 11 is 0. The monoisotopic (exact) mass is 318 g/mol. The fourth-order valence-corrected chi connectivity index (χ4v) is 2.92. The molecule has 1 saturated heterocycles. The van der Waals surface area contributed by atoms with Crippen LogP contribution < -0.4 is 16.2 Å². The lowest BCUT2D eigenvalue weighted by Crippen LogP contribution is -2.36. The number of fused-ring (bicyclic) bond motifs is 1. The SMILES string of the molecule is Cl.Cn1c(=O)c(C#N)c(NC2CCNCC2)c2ccccc21. The Labute approximate surface area is 135 Å². The Kier molecular flexibility index (Phi) is 5.07. The quantitative estimate of drug-likeness (QED) is 0.888. The molecular formula is C16H19ClN4O. The Morgan fingerprint density at radius 2 is 2.00 bits per heavy atom. The third-order valence-corrected chi connectivity index (χ3v) is 4.10. The van der Waals surface area contributed by atoms with Gasteiger partial charge in [0.25, 0.3) is 5.56 Å². The van der Waals surface area contributed by atoms with Crippen molar-refractivity contribution in [2.75, 3.05) is 18.4 Å². The fourth-order valence-electron chi connectivity index (χ4n) is 2.92. The van der Waals surface area contributed by atoms with Crippen molar-refractivity contribution in [1.82, 2.24) is 9.88 Å². The van der Waals surface area contributed by atoms with Gasteiger partial charge in [-0.3, -0.25) is 4.79 Å². The van der Waals surface area contributed by atoms with Crippen molar-refractivity contribution in [3.63, 3.8) is 0 Å². The van der Waals surface area contributed by atoms with Gasteiger partial charge >= 0.3 is 0 Å². The molecule has 1 fully saturated rings. The minimum Gasteiger partial charge on any atom is -0.380 e. The molecule has 1 aromatic carbocycles. The molecule has 0 amide bonds. The van der Waals surface area contributed by atoms with Crippen LogP contribution in [0.1, 0.15) is 18.4 Å². The maximum atomic E-state index is 12.4. The number of pyridine rings is 1. The number of rotatable bonds is 2. The number of nitrogens with zero attached hydrogens (tertiary/aromatic N) is 2. The van der Waals surface area contributed by atoms with E-state index in [-0.39, 0.29) is 23.5 Å². The summed E-state index contributed by atoms with van der Waals surface area (Å²) in [7, 11) is 1.71. The summed E-state index contributed by atoms with van der Waals surface area (Å²) in [6.45, 7) is 1.92. The van der Waals surface area contributed by atoms with Crippen molar-refractivity contribution < 1.29 is 0 Å². The number of aromatic nitrogens is 1. The van der Waals surface area contributed by atoms with Crippen molar-refractivity contribution in [3.8, 4) is 6.07 Å². The van der Waals surface area contributed by atoms with E-state index in [0.717, 1.165) is 36.8 Å². The topological polar surface area (TPSA) is 69.8 Å². The summed E-state index contributed by atoms with van der Waals surface area (Å²) in [5.74, 6) is 0. The van der Waals surface area contributed by atoms with Crippen LogP contribution in [0.3, 0.4) is 0 Å². The molecule has 6 heteroatoms. The van der Waals surface area contributed by atoms with Crippen molar-refractivity contribution in [3.05, 3.63) is 40.2 Å². The first-order chi connectivity index (χ1) is 10.2. The molecular weight excluding hydrogens is 300 g/mol. The number of piperidine rings is 1. The zero-order valence-corrected chi connectivity index (χ0v) is 13.2. The molecule has 0 atom stereocenters. The molecule has 3 rings (SSSR count). The van der Waals surface area contributed by atoms with E-state index in [0.29, 0.717) is 11.7 Å². The maximum absolute atomic E-state index is 12.4. The number of para-hydroxylation sites is 1. The normalized spacial score (nSPS) is 15.1. The Balaban J connectivity index is 0.00000176. The summed E-state index contributed by atoms with van der Waals surface area (Å²) in [6.07, 6.45) is 1.99. The molecule has 1 aromatic heterocycles. The molecule has 0 aliphatic carbocycles. The number of aryl methyl sites for hydroxylation is 1. The first kappa shape index (κ1) is 16.3. The molecule has 5 nitrogen and oxygen atoms in total. The minimum absolute atomic E-state index is 0. The molecule has 0 bridgehead atoms. The third kappa shape index (κ3) is 2.80. The highest BCUT2D eigenvalue weighted by Gasteiger charge is 2.19. The van der Waals surface area contributed by atoms with Crippen LogP contribution in [-0.4, -0.2) is 23.7 Å². The second-order valence-electron chi connectivity index (χ2n) is 5.41. The van der Waals surface area contributed by atoms with Crippen LogP contribution in [0, 0.1) is 11.3 Å². The van der Waals surface area contributed by atoms with Gasteiger partial charge in [0.2, 0.25) is 0 Å². The van der Waals surface area contributed by atoms with Crippen molar-refractivity contribution in [2.45, 2.75) is 18.9 Å². The van der Waals surface area contributed by atoms with Crippen LogP contribution in [0.25, 0.3) is 10.9 Å². The average Bonchev–Trinajstić information content (AvgIpc) is 2.54. The highest BCUT2D eigenvalue weighted by Crippen LogP contribution is 2.26. The summed E-state index contributed by atoms with van der Waals surface area (Å²) in [5.41, 5.74) is 1.49. The number of hydrogen-bond donors (Lipinski definition) is 2. The standard InChI is InChI=1S/C16H18N4O.ClH/c1-20-14-5-3-2-4-12(14)15(13(10-17)16(20)21)19-11-6-8-18-9-7-11;/h2-5,11,18-19H,6-9H2,1H3;1H. The van der Waals surface area contributed by atoms with E-state index >= 15 is 0 Å². The Bertz CT molecular complexity index is 772. The highest BCUT2D eigenvalue weighted by atomic mass is 35.5. The van der Waals surface area contributed by atoms with Crippen LogP contribution in [0.15, 0.2) is 29.1 Å². The summed E-state index contributed by atoms with van der Waals surface area (Å²) in [4.78, 5) is 12.4. The molecule has 1 aliphatic heterocycles. The smallest absolute Gasteiger partial charge is 0.270 e. The largest absolute Gasteiger partial charge is 0.380 e. The van der Waals surface area contributed by atoms with Crippen molar-refractivity contribution in [1.29, 1.82) is 5.26 Å². The van der Waals surface area contributed by atoms with E-state index in [9.17, 15) is 10.1 Å². The third-order valence-electron chi connectivity index (χ3n) is 4.10. The van der Waals surface area contributed by atoms with E-state index in [1.54, 1.807) is 11.6 Å². The van der Waals surface area contributed by atoms with E-state index in [1.807, 2.05) is 24.3 Å². The van der Waals surface area contributed by atoms with Crippen LogP contribution >= 0.6 is 12.4 Å². The van der Waals surface area contributed by atoms with Gasteiger partial charge in [-0.1, -0.05) is 18.2 Å². The van der Waals surface area contributed by atoms with Gasteiger partial charge < -0.3 is 15.2 Å². The Hall–Kier alpha value is -2.03. The first-order valence-electron chi connectivity index (χ1n) is 7.21. The molecule has 116 valence electrons. The van der Waals surface area contributed by atoms with Crippen LogP contribution in [0.4, 0.5) is 5.69 Å². The molecule has 2 aromatic rings. The van der Waals surface area contributed by atoms with E-state index < -0.39 is 0 Å². The number of benzene rings is 1. The first-order valence-corrected chi connectivity index (χ1v) is 7.21. The average molecular weight is 319 g/mol. The van der Waals surface area contributed by atoms with Gasteiger partial charge in [0.1, 0.15) is 11.6 Å². The van der Waals surface area contributed by atoms with Gasteiger partial charge in [-0.15, -0.1) is 12.4 Å². The highest BCUT2D eigenvalue weighted by molar-refractivity contribution is 5.94. The lowest BCUT2D eigenvalue weighted by Gasteiger charge is -2.26. The van der Waals surface area contributed by atoms with Gasteiger partial charge in [0, 0.05) is 18.5 Å². The lowest BCUT2D eigenvalue weighted by molar-refractivity contribution is 0.479. The van der Waals surface area contributed by atoms with Gasteiger partial charge in [-0.2, -0.15) is 5.26 Å². The molecule has 2 heterocycles. The number of nitriles is 1. The summed E-state index contributed by atoms with van der Waals surface area (Å²) in [6, 6.07) is 10.1. The van der Waals surface area contributed by atoms with Crippen LogP contribution in [-0.2, 0) is 7.05 Å². The second kappa shape index (κ2) is 6.82. The zero-order valence-electron chi connectivity index (χ0n) is 12.4. The maximum Gasteiger partial charge on any atom is 0.270 e. The number of hydrogen-bond acceptors (Lipinski definition) is 4. The Morgan fingerprint density at radius 3 is 2.68 bits per heavy atom. The van der Waals surface area contributed by atoms with Crippen molar-refractivity contribution >= 4 is 29.0 Å². The van der Waals surface area contributed by atoms with E-state index in [1.165, 1.54) is 0 Å². The van der Waals surface area contributed by atoms with Gasteiger partial charge in [-0.05, 0) is 32.0 Å². The predicted octanol–water partition coefficient (Wildman–Crippen LogP) is 2.00. The molecule has 0 saturated carbocycles. The zero-order chi connectivity index (χ0) is 14.8. The van der Waals surface area contributed by atoms with Crippen LogP contribution in [0.5, 0.6) is 0 Å². The Morgan fingerprint density at radius 1 is 1.32 bits per heavy atom. The molecule has 2 N–H and O–H groups in total. The lowest BCUT2D eigenvalue weighted by atomic mass is 10.0. The minimum atomic E-state index is -0.243. The molecule has 1 aliphatic rings. The number of anilines is 1. The molecule has 22 heavy (non-hydrogen) atoms. The van der Waals surface area contributed by atoms with E-state index in [2.05, 4.69) is 16.7 Å².